The van der Waals surface area contributed by atoms with E-state index in [9.17, 15) is 0 Å². The molecule has 0 N–H and O–H groups in total. The predicted molar refractivity (Wildman–Crippen MR) is 29.2 cm³/mol. The molecule has 0 aliphatic heterocycles. The smallest absolute Gasteiger partial charge is 2.00 e. The van der Waals surface area contributed by atoms with Crippen LogP contribution in [0.25, 0.3) is 0 Å². The molecule has 0 saturated carbocycles. The minimum absolute atomic E-state index is 0. The molecule has 0 unspecified atom stereocenters. The van der Waals surface area contributed by atoms with Gasteiger partial charge in [-0.05, 0) is 0 Å². The molecular weight excluding hydrogens is 823 g/mol. The molecule has 0 aliphatic rings. The van der Waals surface area contributed by atoms with Crippen LogP contribution >= 0.6 is 0 Å². The fourth-order valence-electron chi connectivity index (χ4n) is 0. The summed E-state index contributed by atoms with van der Waals surface area (Å²) in [6, 6.07) is 0. The van der Waals surface area contributed by atoms with E-state index in [0.29, 0.717) is 0 Å². The zero-order valence-corrected chi connectivity index (χ0v) is 28.0. The molecule has 0 aromatic carbocycles. The van der Waals surface area contributed by atoms with E-state index in [0.717, 1.165) is 0 Å². The van der Waals surface area contributed by atoms with Crippen molar-refractivity contribution < 1.29 is 117 Å². The minimum Gasteiger partial charge on any atom is -2.00 e. The van der Waals surface area contributed by atoms with E-state index in [2.05, 4.69) is 0 Å². The van der Waals surface area contributed by atoms with Gasteiger partial charge in [-0.2, -0.15) is 0 Å². The minimum atomic E-state index is 0. The average molecular weight is 823 g/mol. The SMILES string of the molecule is [Ba+2].[Ba+2].[Co+2].[Co+2].[Fe+3].[Fe+3].[O-2].[O-2].[O-2].[O-2].[O-2].[O-2].[O-2].[O-2].[O-2].[Sr+2].[Sr+2]. The molecule has 0 aromatic rings. The largest absolute Gasteiger partial charge is 3.00 e. The first kappa shape index (κ1) is 231. The topological polar surface area (TPSA) is 256 Å². The van der Waals surface area contributed by atoms with Crippen molar-refractivity contribution >= 4 is 189 Å². The number of hydrogen-bond acceptors (Lipinski definition) is 0. The van der Waals surface area contributed by atoms with Gasteiger partial charge in [0.1, 0.15) is 0 Å². The van der Waals surface area contributed by atoms with Gasteiger partial charge < -0.3 is 49.3 Å². The van der Waals surface area contributed by atoms with Gasteiger partial charge in [-0.1, -0.05) is 0 Å². The van der Waals surface area contributed by atoms with Crippen LogP contribution in [-0.4, -0.2) is 189 Å². The second kappa shape index (κ2) is 203. The van der Waals surface area contributed by atoms with E-state index in [1.54, 1.807) is 0 Å². The summed E-state index contributed by atoms with van der Waals surface area (Å²) in [5.74, 6) is 0. The molecule has 0 spiro atoms. The van der Waals surface area contributed by atoms with Crippen molar-refractivity contribution in [1.82, 2.24) is 0 Å². The maximum absolute atomic E-state index is 0. The third-order valence-corrected chi connectivity index (χ3v) is 0. The molecule has 0 aromatic heterocycles. The Bertz CT molecular complexity index is 33.0. The summed E-state index contributed by atoms with van der Waals surface area (Å²) >= 11 is 0. The van der Waals surface area contributed by atoms with Crippen LogP contribution in [-0.2, 0) is 117 Å². The van der Waals surface area contributed by atoms with Crippen molar-refractivity contribution in [3.05, 3.63) is 0 Å². The molecule has 9 nitrogen and oxygen atoms in total. The normalized spacial score (nSPS) is 0. The molecular formula is Ba2Co2Fe2O9Sr2. The quantitative estimate of drug-likeness (QED) is 0.228. The van der Waals surface area contributed by atoms with Gasteiger partial charge in [0.2, 0.25) is 0 Å². The molecule has 0 heterocycles. The van der Waals surface area contributed by atoms with E-state index in [1.807, 2.05) is 0 Å². The van der Waals surface area contributed by atoms with Gasteiger partial charge in [-0.15, -0.1) is 0 Å². The van der Waals surface area contributed by atoms with Crippen molar-refractivity contribution in [2.24, 2.45) is 0 Å². The summed E-state index contributed by atoms with van der Waals surface area (Å²) in [5, 5.41) is 0. The van der Waals surface area contributed by atoms with Crippen LogP contribution in [0.3, 0.4) is 0 Å². The van der Waals surface area contributed by atoms with Gasteiger partial charge in [0.05, 0.1) is 0 Å². The Morgan fingerprint density at radius 3 is 0.294 bits per heavy atom. The van der Waals surface area contributed by atoms with Crippen LogP contribution in [0.5, 0.6) is 0 Å². The van der Waals surface area contributed by atoms with Crippen LogP contribution in [0.2, 0.25) is 0 Å². The third kappa shape index (κ3) is 186. The summed E-state index contributed by atoms with van der Waals surface area (Å²) in [7, 11) is 0. The van der Waals surface area contributed by atoms with Crippen LogP contribution in [0.4, 0.5) is 0 Å². The van der Waals surface area contributed by atoms with Gasteiger partial charge in [0, 0.05) is 0 Å². The molecule has 0 amide bonds. The summed E-state index contributed by atoms with van der Waals surface area (Å²) < 4.78 is 0. The van der Waals surface area contributed by atoms with Crippen LogP contribution in [0.15, 0.2) is 0 Å². The Morgan fingerprint density at radius 1 is 0.294 bits per heavy atom. The first-order valence-electron chi connectivity index (χ1n) is 0. The van der Waals surface area contributed by atoms with E-state index >= 15 is 0 Å². The molecule has 0 bridgehead atoms. The Hall–Kier alpha value is 7.80. The van der Waals surface area contributed by atoms with E-state index < -0.39 is 0 Å². The summed E-state index contributed by atoms with van der Waals surface area (Å²) in [4.78, 5) is 0. The van der Waals surface area contributed by atoms with Gasteiger partial charge in [-0.25, -0.2) is 0 Å². The average Bonchev–Trinajstić information content (AvgIpc) is 0. The van der Waals surface area contributed by atoms with E-state index in [4.69, 9.17) is 0 Å². The standard InChI is InChI=1S/2Ba.2Co.2Fe.9O.2Sr/q4*+2;2*+3;9*-2;2*+2. The third-order valence-electron chi connectivity index (χ3n) is 0. The Kier molecular flexibility index (Phi) is 2760. The molecule has 0 rings (SSSR count). The zero-order chi connectivity index (χ0) is 0. The molecule has 0 saturated heterocycles. The van der Waals surface area contributed by atoms with E-state index in [-0.39, 0.29) is 306 Å². The fourth-order valence-corrected chi connectivity index (χ4v) is 0. The maximum atomic E-state index is 0. The fraction of sp³-hybridized carbons (Fsp3) is 0. The Morgan fingerprint density at radius 2 is 0.294 bits per heavy atom. The van der Waals surface area contributed by atoms with Crippen molar-refractivity contribution in [2.75, 3.05) is 0 Å². The Balaban J connectivity index is 0. The second-order valence-corrected chi connectivity index (χ2v) is 0. The van der Waals surface area contributed by atoms with Crippen molar-refractivity contribution in [3.8, 4) is 0 Å². The van der Waals surface area contributed by atoms with Gasteiger partial charge >= 0.3 is 256 Å². The maximum Gasteiger partial charge on any atom is 3.00 e. The zero-order valence-electron chi connectivity index (χ0n) is 7.88. The monoisotopic (exact) mass is 825 g/mol. The second-order valence-electron chi connectivity index (χ2n) is 0. The first-order chi connectivity index (χ1) is 0. The Labute approximate surface area is 296 Å². The number of hydrogen-bond donors (Lipinski definition) is 0. The molecule has 0 aliphatic carbocycles. The van der Waals surface area contributed by atoms with E-state index in [1.165, 1.54) is 0 Å². The summed E-state index contributed by atoms with van der Waals surface area (Å²) in [6.07, 6.45) is 0. The molecule has 4 radical (unpaired) electrons. The number of rotatable bonds is 0. The van der Waals surface area contributed by atoms with Crippen LogP contribution < -0.4 is 0 Å². The van der Waals surface area contributed by atoms with Crippen LogP contribution in [0, 0.1) is 0 Å². The van der Waals surface area contributed by atoms with Gasteiger partial charge in [0.15, 0.2) is 0 Å². The van der Waals surface area contributed by atoms with Crippen molar-refractivity contribution in [1.29, 1.82) is 0 Å². The molecule has 96 valence electrons. The van der Waals surface area contributed by atoms with Crippen molar-refractivity contribution in [2.45, 2.75) is 0 Å². The van der Waals surface area contributed by atoms with Crippen molar-refractivity contribution in [3.63, 3.8) is 0 Å². The summed E-state index contributed by atoms with van der Waals surface area (Å²) in [6.45, 7) is 0. The van der Waals surface area contributed by atoms with Gasteiger partial charge in [0.25, 0.3) is 0 Å². The van der Waals surface area contributed by atoms with Crippen LogP contribution in [0.1, 0.15) is 0 Å². The molecule has 0 atom stereocenters. The molecule has 17 heteroatoms. The van der Waals surface area contributed by atoms with Gasteiger partial charge in [-0.3, -0.25) is 0 Å². The predicted octanol–water partition coefficient (Wildman–Crippen LogP) is -2.60. The molecule has 0 fully saturated rings. The first-order valence-corrected chi connectivity index (χ1v) is 0. The molecule has 17 heavy (non-hydrogen) atoms. The summed E-state index contributed by atoms with van der Waals surface area (Å²) in [5.41, 5.74) is 0.